The Morgan fingerprint density at radius 2 is 2.14 bits per heavy atom. The third kappa shape index (κ3) is 3.08. The fourth-order valence-electron chi connectivity index (χ4n) is 0.751. The van der Waals surface area contributed by atoms with Crippen molar-refractivity contribution in [3.05, 3.63) is 27.7 Å². The molecule has 0 aliphatic carbocycles. The lowest BCUT2D eigenvalue weighted by Gasteiger charge is -2.16. The van der Waals surface area contributed by atoms with Crippen molar-refractivity contribution in [1.82, 2.24) is 0 Å². The van der Waals surface area contributed by atoms with Gasteiger partial charge in [-0.15, -0.1) is 0 Å². The molecule has 78 valence electrons. The van der Waals surface area contributed by atoms with E-state index in [0.29, 0.717) is 4.47 Å². The number of hydrogen-bond acceptors (Lipinski definition) is 2. The molecule has 0 bridgehead atoms. The second-order valence-electron chi connectivity index (χ2n) is 2.47. The van der Waals surface area contributed by atoms with E-state index in [0.717, 1.165) is 0 Å². The quantitative estimate of drug-likeness (QED) is 0.926. The molecular formula is C8H6BrClF2O2. The predicted octanol–water partition coefficient (Wildman–Crippen LogP) is 3.07. The molecule has 0 radical (unpaired) electrons. The van der Waals surface area contributed by atoms with Gasteiger partial charge in [-0.25, -0.2) is 0 Å². The number of hydrogen-bond donors (Lipinski definition) is 1. The lowest BCUT2D eigenvalue weighted by atomic mass is 10.3. The van der Waals surface area contributed by atoms with Crippen molar-refractivity contribution in [2.24, 2.45) is 0 Å². The maximum atomic E-state index is 12.6. The van der Waals surface area contributed by atoms with E-state index in [4.69, 9.17) is 16.7 Å². The zero-order valence-corrected chi connectivity index (χ0v) is 9.15. The van der Waals surface area contributed by atoms with Gasteiger partial charge in [-0.1, -0.05) is 27.5 Å². The molecule has 0 aromatic heterocycles. The summed E-state index contributed by atoms with van der Waals surface area (Å²) in [5.74, 6) is -0.172. The third-order valence-corrected chi connectivity index (χ3v) is 2.13. The Morgan fingerprint density at radius 3 is 2.64 bits per heavy atom. The normalized spacial score (nSPS) is 11.5. The molecule has 1 rings (SSSR count). The van der Waals surface area contributed by atoms with Crippen molar-refractivity contribution in [2.75, 3.05) is 6.61 Å². The van der Waals surface area contributed by atoms with Gasteiger partial charge in [0.25, 0.3) is 0 Å². The summed E-state index contributed by atoms with van der Waals surface area (Å²) in [6.45, 7) is -1.39. The minimum absolute atomic E-state index is 0.0486. The summed E-state index contributed by atoms with van der Waals surface area (Å²) >= 11 is 8.74. The molecule has 0 saturated heterocycles. The molecule has 0 heterocycles. The number of benzene rings is 1. The van der Waals surface area contributed by atoms with Gasteiger partial charge in [-0.3, -0.25) is 0 Å². The maximum absolute atomic E-state index is 12.6. The van der Waals surface area contributed by atoms with Crippen LogP contribution in [0.1, 0.15) is 0 Å². The highest BCUT2D eigenvalue weighted by molar-refractivity contribution is 9.10. The number of ether oxygens (including phenoxy) is 1. The van der Waals surface area contributed by atoms with Crippen LogP contribution in [0.3, 0.4) is 0 Å². The lowest BCUT2D eigenvalue weighted by molar-refractivity contribution is -0.200. The van der Waals surface area contributed by atoms with Crippen molar-refractivity contribution >= 4 is 27.5 Å². The average molecular weight is 287 g/mol. The van der Waals surface area contributed by atoms with Gasteiger partial charge < -0.3 is 9.84 Å². The van der Waals surface area contributed by atoms with Crippen LogP contribution in [0.2, 0.25) is 5.02 Å². The van der Waals surface area contributed by atoms with Crippen LogP contribution in [0.15, 0.2) is 22.7 Å². The first kappa shape index (κ1) is 11.7. The smallest absolute Gasteiger partial charge is 0.421 e. The van der Waals surface area contributed by atoms with Crippen LogP contribution >= 0.6 is 27.5 Å². The number of rotatable bonds is 3. The standard InChI is InChI=1S/C8H6BrClF2O2/c9-5-1-2-7(6(10)3-5)14-8(11,12)4-13/h1-3,13H,4H2. The SMILES string of the molecule is OCC(F)(F)Oc1ccc(Br)cc1Cl. The van der Waals surface area contributed by atoms with Crippen LogP contribution < -0.4 is 4.74 Å². The highest BCUT2D eigenvalue weighted by Gasteiger charge is 2.31. The summed E-state index contributed by atoms with van der Waals surface area (Å²) in [5.41, 5.74) is 0. The van der Waals surface area contributed by atoms with E-state index in [1.54, 1.807) is 0 Å². The molecule has 0 fully saturated rings. The first-order valence-corrected chi connectivity index (χ1v) is 4.74. The van der Waals surface area contributed by atoms with Crippen molar-refractivity contribution < 1.29 is 18.6 Å². The van der Waals surface area contributed by atoms with E-state index in [2.05, 4.69) is 20.7 Å². The fraction of sp³-hybridized carbons (Fsp3) is 0.250. The highest BCUT2D eigenvalue weighted by Crippen LogP contribution is 2.31. The van der Waals surface area contributed by atoms with Crippen molar-refractivity contribution in [3.8, 4) is 5.75 Å². The molecule has 14 heavy (non-hydrogen) atoms. The van der Waals surface area contributed by atoms with Crippen LogP contribution in [-0.4, -0.2) is 17.8 Å². The Kier molecular flexibility index (Phi) is 3.69. The van der Waals surface area contributed by atoms with Gasteiger partial charge in [0, 0.05) is 4.47 Å². The van der Waals surface area contributed by atoms with Crippen molar-refractivity contribution in [1.29, 1.82) is 0 Å². The fourth-order valence-corrected chi connectivity index (χ4v) is 1.46. The van der Waals surface area contributed by atoms with Crippen LogP contribution in [0.25, 0.3) is 0 Å². The molecule has 1 aromatic rings. The second kappa shape index (κ2) is 4.42. The van der Waals surface area contributed by atoms with Crippen LogP contribution in [0, 0.1) is 0 Å². The van der Waals surface area contributed by atoms with E-state index in [9.17, 15) is 8.78 Å². The number of aliphatic hydroxyl groups excluding tert-OH is 1. The summed E-state index contributed by atoms with van der Waals surface area (Å²) in [5, 5.41) is 8.32. The minimum atomic E-state index is -3.61. The van der Waals surface area contributed by atoms with Gasteiger partial charge in [-0.2, -0.15) is 8.78 Å². The minimum Gasteiger partial charge on any atom is -0.429 e. The van der Waals surface area contributed by atoms with Crippen molar-refractivity contribution in [3.63, 3.8) is 0 Å². The summed E-state index contributed by atoms with van der Waals surface area (Å²) in [7, 11) is 0. The molecule has 1 aromatic carbocycles. The summed E-state index contributed by atoms with van der Waals surface area (Å²) < 4.78 is 30.0. The Hall–Kier alpha value is -0.390. The van der Waals surface area contributed by atoms with Crippen LogP contribution in [0.5, 0.6) is 5.75 Å². The topological polar surface area (TPSA) is 29.5 Å². The first-order chi connectivity index (χ1) is 6.44. The number of alkyl halides is 2. The number of halogens is 4. The monoisotopic (exact) mass is 286 g/mol. The summed E-state index contributed by atoms with van der Waals surface area (Å²) in [4.78, 5) is 0. The van der Waals surface area contributed by atoms with Gasteiger partial charge >= 0.3 is 6.11 Å². The zero-order chi connectivity index (χ0) is 10.8. The molecule has 2 nitrogen and oxygen atoms in total. The first-order valence-electron chi connectivity index (χ1n) is 3.57. The maximum Gasteiger partial charge on any atom is 0.421 e. The highest BCUT2D eigenvalue weighted by atomic mass is 79.9. The van der Waals surface area contributed by atoms with E-state index >= 15 is 0 Å². The molecule has 0 aliphatic rings. The van der Waals surface area contributed by atoms with E-state index < -0.39 is 12.7 Å². The van der Waals surface area contributed by atoms with Crippen LogP contribution in [-0.2, 0) is 0 Å². The Labute approximate surface area is 92.6 Å². The van der Waals surface area contributed by atoms with Gasteiger partial charge in [0.2, 0.25) is 0 Å². The molecule has 0 amide bonds. The summed E-state index contributed by atoms with van der Waals surface area (Å²) in [6, 6.07) is 4.22. The largest absolute Gasteiger partial charge is 0.429 e. The van der Waals surface area contributed by atoms with E-state index in [-0.39, 0.29) is 10.8 Å². The van der Waals surface area contributed by atoms with Gasteiger partial charge in [-0.05, 0) is 18.2 Å². The van der Waals surface area contributed by atoms with Crippen LogP contribution in [0.4, 0.5) is 8.78 Å². The molecule has 0 unspecified atom stereocenters. The molecule has 0 spiro atoms. The molecule has 6 heteroatoms. The van der Waals surface area contributed by atoms with Gasteiger partial charge in [0.05, 0.1) is 5.02 Å². The molecule has 0 saturated carbocycles. The average Bonchev–Trinajstić information content (AvgIpc) is 2.10. The zero-order valence-electron chi connectivity index (χ0n) is 6.81. The predicted molar refractivity (Wildman–Crippen MR) is 51.8 cm³/mol. The molecule has 1 N–H and O–H groups in total. The summed E-state index contributed by atoms with van der Waals surface area (Å²) in [6.07, 6.45) is -3.61. The Balaban J connectivity index is 2.87. The van der Waals surface area contributed by atoms with E-state index in [1.165, 1.54) is 18.2 Å². The van der Waals surface area contributed by atoms with Crippen molar-refractivity contribution in [2.45, 2.75) is 6.11 Å². The number of aliphatic hydroxyl groups is 1. The second-order valence-corrected chi connectivity index (χ2v) is 3.80. The third-order valence-electron chi connectivity index (χ3n) is 1.34. The van der Waals surface area contributed by atoms with E-state index in [1.807, 2.05) is 0 Å². The molecule has 0 atom stereocenters. The van der Waals surface area contributed by atoms with Gasteiger partial charge in [0.1, 0.15) is 12.4 Å². The Bertz CT molecular complexity index is 333. The lowest BCUT2D eigenvalue weighted by Crippen LogP contribution is -2.29. The molecule has 0 aliphatic heterocycles. The Morgan fingerprint density at radius 1 is 1.50 bits per heavy atom. The van der Waals surface area contributed by atoms with Gasteiger partial charge in [0.15, 0.2) is 0 Å². The molecular weight excluding hydrogens is 281 g/mol.